The number of benzene rings is 1. The van der Waals surface area contributed by atoms with E-state index >= 15 is 0 Å². The Labute approximate surface area is 110 Å². The highest BCUT2D eigenvalue weighted by molar-refractivity contribution is 5.75. The van der Waals surface area contributed by atoms with E-state index in [1.807, 2.05) is 19.9 Å². The van der Waals surface area contributed by atoms with Crippen LogP contribution >= 0.6 is 0 Å². The van der Waals surface area contributed by atoms with Gasteiger partial charge < -0.3 is 4.90 Å². The Balaban J connectivity index is 3.18. The maximum atomic E-state index is 13.3. The molecule has 0 saturated heterocycles. The predicted molar refractivity (Wildman–Crippen MR) is 78.2 cm³/mol. The fraction of sp³-hybridized carbons (Fsp3) is 0.375. The van der Waals surface area contributed by atoms with Crippen LogP contribution in [0.5, 0.6) is 0 Å². The number of allylic oxidation sites excluding steroid dienone is 2. The molecule has 1 nitrogen and oxygen atoms in total. The van der Waals surface area contributed by atoms with Crippen molar-refractivity contribution in [2.45, 2.75) is 33.6 Å². The van der Waals surface area contributed by atoms with Crippen molar-refractivity contribution in [1.29, 1.82) is 0 Å². The number of hydrogen-bond acceptors (Lipinski definition) is 1. The van der Waals surface area contributed by atoms with Crippen molar-refractivity contribution in [2.75, 3.05) is 11.4 Å². The molecule has 0 N–H and O–H groups in total. The van der Waals surface area contributed by atoms with Gasteiger partial charge in [-0.25, -0.2) is 4.39 Å². The molecular weight excluding hydrogens is 225 g/mol. The van der Waals surface area contributed by atoms with Gasteiger partial charge in [0.25, 0.3) is 0 Å². The third kappa shape index (κ3) is 3.46. The van der Waals surface area contributed by atoms with Gasteiger partial charge in [-0.15, -0.1) is 0 Å². The first kappa shape index (κ1) is 14.5. The van der Waals surface area contributed by atoms with Crippen molar-refractivity contribution >= 4 is 11.3 Å². The Morgan fingerprint density at radius 3 is 2.44 bits per heavy atom. The zero-order valence-electron chi connectivity index (χ0n) is 11.6. The molecule has 0 amide bonds. The summed E-state index contributed by atoms with van der Waals surface area (Å²) in [5.41, 5.74) is 3.68. The third-order valence-electron chi connectivity index (χ3n) is 2.91. The second-order valence-electron chi connectivity index (χ2n) is 4.68. The summed E-state index contributed by atoms with van der Waals surface area (Å²) in [6.07, 6.45) is 2.20. The van der Waals surface area contributed by atoms with E-state index < -0.39 is 0 Å². The van der Waals surface area contributed by atoms with E-state index in [4.69, 9.17) is 0 Å². The lowest BCUT2D eigenvalue weighted by atomic mass is 10.0. The molecule has 1 aromatic rings. The number of halogens is 1. The smallest absolute Gasteiger partial charge is 0.123 e. The monoisotopic (exact) mass is 247 g/mol. The first-order valence-electron chi connectivity index (χ1n) is 6.35. The van der Waals surface area contributed by atoms with Crippen LogP contribution in [0.15, 0.2) is 37.1 Å². The number of nitrogens with zero attached hydrogens (tertiary/aromatic N) is 1. The Morgan fingerprint density at radius 1 is 1.28 bits per heavy atom. The molecule has 0 bridgehead atoms. The highest BCUT2D eigenvalue weighted by atomic mass is 19.1. The minimum atomic E-state index is -0.228. The Bertz CT molecular complexity index is 448. The molecule has 1 rings (SSSR count). The van der Waals surface area contributed by atoms with Crippen LogP contribution in [0.3, 0.4) is 0 Å². The topological polar surface area (TPSA) is 3.24 Å². The Morgan fingerprint density at radius 2 is 1.94 bits per heavy atom. The zero-order chi connectivity index (χ0) is 13.7. The molecular formula is C16H22FN. The lowest BCUT2D eigenvalue weighted by molar-refractivity contribution is 0.627. The van der Waals surface area contributed by atoms with Gasteiger partial charge in [-0.1, -0.05) is 26.5 Å². The molecule has 0 aromatic heterocycles. The van der Waals surface area contributed by atoms with Crippen LogP contribution in [0.2, 0.25) is 0 Å². The van der Waals surface area contributed by atoms with Crippen molar-refractivity contribution < 1.29 is 4.39 Å². The fourth-order valence-corrected chi connectivity index (χ4v) is 1.92. The SMILES string of the molecule is C=C(C)c1cc(F)ccc1N(CCCC)C(=C)C. The second-order valence-corrected chi connectivity index (χ2v) is 4.68. The van der Waals surface area contributed by atoms with Gasteiger partial charge in [-0.2, -0.15) is 0 Å². The van der Waals surface area contributed by atoms with Crippen molar-refractivity contribution in [3.63, 3.8) is 0 Å². The second kappa shape index (κ2) is 6.39. The van der Waals surface area contributed by atoms with Crippen molar-refractivity contribution in [2.24, 2.45) is 0 Å². The summed E-state index contributed by atoms with van der Waals surface area (Å²) < 4.78 is 13.3. The molecule has 0 fully saturated rings. The number of hydrogen-bond donors (Lipinski definition) is 0. The van der Waals surface area contributed by atoms with Crippen molar-refractivity contribution in [3.05, 3.63) is 48.4 Å². The van der Waals surface area contributed by atoms with Gasteiger partial charge in [0.05, 0.1) is 0 Å². The summed E-state index contributed by atoms with van der Waals surface area (Å²) in [6, 6.07) is 4.84. The molecule has 2 heteroatoms. The van der Waals surface area contributed by atoms with Gasteiger partial charge in [-0.3, -0.25) is 0 Å². The third-order valence-corrected chi connectivity index (χ3v) is 2.91. The maximum Gasteiger partial charge on any atom is 0.123 e. The van der Waals surface area contributed by atoms with E-state index in [2.05, 4.69) is 25.0 Å². The zero-order valence-corrected chi connectivity index (χ0v) is 11.6. The molecule has 1 aromatic carbocycles. The van der Waals surface area contributed by atoms with E-state index in [1.165, 1.54) is 6.07 Å². The maximum absolute atomic E-state index is 13.3. The average molecular weight is 247 g/mol. The summed E-state index contributed by atoms with van der Waals surface area (Å²) in [7, 11) is 0. The summed E-state index contributed by atoms with van der Waals surface area (Å²) in [5, 5.41) is 0. The number of rotatable bonds is 6. The van der Waals surface area contributed by atoms with E-state index in [0.717, 1.165) is 41.9 Å². The molecule has 0 aliphatic rings. The van der Waals surface area contributed by atoms with E-state index in [9.17, 15) is 4.39 Å². The molecule has 0 saturated carbocycles. The molecule has 0 aliphatic carbocycles. The van der Waals surface area contributed by atoms with Gasteiger partial charge in [0.15, 0.2) is 0 Å². The van der Waals surface area contributed by atoms with E-state index in [1.54, 1.807) is 6.07 Å². The summed E-state index contributed by atoms with van der Waals surface area (Å²) in [5.74, 6) is -0.228. The van der Waals surface area contributed by atoms with Crippen LogP contribution in [0.1, 0.15) is 39.2 Å². The molecule has 0 radical (unpaired) electrons. The normalized spacial score (nSPS) is 10.2. The first-order valence-corrected chi connectivity index (χ1v) is 6.35. The molecule has 18 heavy (non-hydrogen) atoms. The fourth-order valence-electron chi connectivity index (χ4n) is 1.92. The molecule has 0 aliphatic heterocycles. The van der Waals surface area contributed by atoms with Crippen molar-refractivity contribution in [3.8, 4) is 0 Å². The average Bonchev–Trinajstić information content (AvgIpc) is 2.30. The minimum absolute atomic E-state index is 0.228. The first-order chi connectivity index (χ1) is 8.47. The van der Waals surface area contributed by atoms with Crippen LogP contribution in [0.25, 0.3) is 5.57 Å². The van der Waals surface area contributed by atoms with Crippen LogP contribution in [0, 0.1) is 5.82 Å². The van der Waals surface area contributed by atoms with E-state index in [-0.39, 0.29) is 5.82 Å². The number of unbranched alkanes of at least 4 members (excludes halogenated alkanes) is 1. The van der Waals surface area contributed by atoms with Gasteiger partial charge >= 0.3 is 0 Å². The summed E-state index contributed by atoms with van der Waals surface area (Å²) in [4.78, 5) is 2.13. The van der Waals surface area contributed by atoms with Crippen molar-refractivity contribution in [1.82, 2.24) is 0 Å². The predicted octanol–water partition coefficient (Wildman–Crippen LogP) is 5.00. The lowest BCUT2D eigenvalue weighted by Crippen LogP contribution is -2.22. The van der Waals surface area contributed by atoms with Crippen LogP contribution in [0.4, 0.5) is 10.1 Å². The quantitative estimate of drug-likeness (QED) is 0.683. The largest absolute Gasteiger partial charge is 0.345 e. The van der Waals surface area contributed by atoms with Gasteiger partial charge in [-0.05, 0) is 44.0 Å². The van der Waals surface area contributed by atoms with Gasteiger partial charge in [0, 0.05) is 23.5 Å². The van der Waals surface area contributed by atoms with Crippen LogP contribution < -0.4 is 4.90 Å². The molecule has 0 heterocycles. The Hall–Kier alpha value is -1.57. The number of anilines is 1. The van der Waals surface area contributed by atoms with E-state index in [0.29, 0.717) is 0 Å². The Kier molecular flexibility index (Phi) is 5.14. The molecule has 0 atom stereocenters. The highest BCUT2D eigenvalue weighted by Crippen LogP contribution is 2.29. The highest BCUT2D eigenvalue weighted by Gasteiger charge is 2.13. The van der Waals surface area contributed by atoms with Gasteiger partial charge in [0.1, 0.15) is 5.82 Å². The summed E-state index contributed by atoms with van der Waals surface area (Å²) in [6.45, 7) is 14.9. The van der Waals surface area contributed by atoms with Gasteiger partial charge in [0.2, 0.25) is 0 Å². The molecule has 98 valence electrons. The summed E-state index contributed by atoms with van der Waals surface area (Å²) >= 11 is 0. The molecule has 0 spiro atoms. The lowest BCUT2D eigenvalue weighted by Gasteiger charge is -2.27. The van der Waals surface area contributed by atoms with Crippen LogP contribution in [-0.2, 0) is 0 Å². The minimum Gasteiger partial charge on any atom is -0.345 e. The molecule has 0 unspecified atom stereocenters. The van der Waals surface area contributed by atoms with Crippen LogP contribution in [-0.4, -0.2) is 6.54 Å². The standard InChI is InChI=1S/C16H22FN/c1-6-7-10-18(13(4)5)16-9-8-14(17)11-15(16)12(2)3/h8-9,11H,2,4,6-7,10H2,1,3,5H3.